The summed E-state index contributed by atoms with van der Waals surface area (Å²) in [7, 11) is -3.09. The van der Waals surface area contributed by atoms with Crippen molar-refractivity contribution in [2.75, 3.05) is 25.9 Å². The van der Waals surface area contributed by atoms with Crippen molar-refractivity contribution < 1.29 is 17.9 Å². The Morgan fingerprint density at radius 1 is 1.33 bits per heavy atom. The summed E-state index contributed by atoms with van der Waals surface area (Å²) in [6, 6.07) is 6.92. The molecule has 0 amide bonds. The lowest BCUT2D eigenvalue weighted by Gasteiger charge is -2.18. The first-order chi connectivity index (χ1) is 9.88. The van der Waals surface area contributed by atoms with Crippen LogP contribution in [0.3, 0.4) is 0 Å². The number of carbonyl (C=O) groups is 1. The van der Waals surface area contributed by atoms with E-state index in [1.165, 1.54) is 6.07 Å². The number of anilines is 1. The molecule has 1 rings (SSSR count). The first-order valence-electron chi connectivity index (χ1n) is 5.60. The molecule has 0 saturated heterocycles. The SMILES string of the molecule is COC(=O)c1cc(N)ccc1S(=O)(=O)N(CC#N)CC#N. The average Bonchev–Trinajstić information content (AvgIpc) is 2.45. The zero-order valence-corrected chi connectivity index (χ0v) is 11.9. The second-order valence-electron chi connectivity index (χ2n) is 3.84. The predicted octanol–water partition coefficient (Wildman–Crippen LogP) is 0.0933. The molecule has 110 valence electrons. The lowest BCUT2D eigenvalue weighted by atomic mass is 10.2. The largest absolute Gasteiger partial charge is 0.465 e. The molecule has 8 nitrogen and oxygen atoms in total. The van der Waals surface area contributed by atoms with Crippen molar-refractivity contribution in [3.63, 3.8) is 0 Å². The Morgan fingerprint density at radius 3 is 2.38 bits per heavy atom. The molecule has 2 N–H and O–H groups in total. The molecule has 0 aliphatic rings. The maximum Gasteiger partial charge on any atom is 0.339 e. The fourth-order valence-electron chi connectivity index (χ4n) is 1.56. The number of carbonyl (C=O) groups excluding carboxylic acids is 1. The van der Waals surface area contributed by atoms with Crippen LogP contribution in [0.15, 0.2) is 23.1 Å². The van der Waals surface area contributed by atoms with Crippen LogP contribution in [-0.4, -0.2) is 38.9 Å². The molecule has 0 aromatic heterocycles. The minimum Gasteiger partial charge on any atom is -0.465 e. The topological polar surface area (TPSA) is 137 Å². The van der Waals surface area contributed by atoms with Crippen molar-refractivity contribution in [2.24, 2.45) is 0 Å². The average molecular weight is 308 g/mol. The maximum atomic E-state index is 12.4. The normalized spacial score (nSPS) is 10.7. The lowest BCUT2D eigenvalue weighted by molar-refractivity contribution is 0.0596. The van der Waals surface area contributed by atoms with Crippen molar-refractivity contribution in [3.05, 3.63) is 23.8 Å². The van der Waals surface area contributed by atoms with Gasteiger partial charge in [-0.1, -0.05) is 0 Å². The number of esters is 1. The highest BCUT2D eigenvalue weighted by Gasteiger charge is 2.29. The van der Waals surface area contributed by atoms with Gasteiger partial charge in [0, 0.05) is 5.69 Å². The molecule has 0 spiro atoms. The number of ether oxygens (including phenoxy) is 1. The van der Waals surface area contributed by atoms with E-state index in [9.17, 15) is 13.2 Å². The quantitative estimate of drug-likeness (QED) is 0.462. The van der Waals surface area contributed by atoms with Crippen molar-refractivity contribution >= 4 is 21.7 Å². The monoisotopic (exact) mass is 308 g/mol. The van der Waals surface area contributed by atoms with E-state index in [1.807, 2.05) is 0 Å². The van der Waals surface area contributed by atoms with Gasteiger partial charge in [-0.05, 0) is 18.2 Å². The number of nitrogens with zero attached hydrogens (tertiary/aromatic N) is 3. The van der Waals surface area contributed by atoms with E-state index in [-0.39, 0.29) is 16.1 Å². The number of nitrogen functional groups attached to an aromatic ring is 1. The van der Waals surface area contributed by atoms with E-state index in [4.69, 9.17) is 16.3 Å². The van der Waals surface area contributed by atoms with Crippen LogP contribution in [0.4, 0.5) is 5.69 Å². The summed E-state index contributed by atoms with van der Waals surface area (Å²) in [5.74, 6) is -0.880. The number of sulfonamides is 1. The van der Waals surface area contributed by atoms with Crippen molar-refractivity contribution in [1.29, 1.82) is 10.5 Å². The molecule has 1 aromatic carbocycles. The molecule has 0 heterocycles. The van der Waals surface area contributed by atoms with Gasteiger partial charge in [0.1, 0.15) is 13.1 Å². The highest BCUT2D eigenvalue weighted by atomic mass is 32.2. The van der Waals surface area contributed by atoms with E-state index < -0.39 is 29.1 Å². The minimum absolute atomic E-state index is 0.182. The van der Waals surface area contributed by atoms with Gasteiger partial charge in [-0.3, -0.25) is 0 Å². The Labute approximate surface area is 122 Å². The van der Waals surface area contributed by atoms with E-state index in [0.29, 0.717) is 4.31 Å². The van der Waals surface area contributed by atoms with Gasteiger partial charge in [-0.15, -0.1) is 0 Å². The van der Waals surface area contributed by atoms with Crippen molar-refractivity contribution in [2.45, 2.75) is 4.90 Å². The highest BCUT2D eigenvalue weighted by Crippen LogP contribution is 2.23. The van der Waals surface area contributed by atoms with Gasteiger partial charge in [0.15, 0.2) is 0 Å². The Kier molecular flexibility index (Phi) is 5.24. The summed E-state index contributed by atoms with van der Waals surface area (Å²) in [5, 5.41) is 17.3. The fraction of sp³-hybridized carbons (Fsp3) is 0.250. The predicted molar refractivity (Wildman–Crippen MR) is 72.2 cm³/mol. The Bertz CT molecular complexity index is 715. The number of benzene rings is 1. The Balaban J connectivity index is 3.47. The van der Waals surface area contributed by atoms with Crippen LogP contribution in [0, 0.1) is 22.7 Å². The maximum absolute atomic E-state index is 12.4. The van der Waals surface area contributed by atoms with E-state index in [1.54, 1.807) is 12.1 Å². The van der Waals surface area contributed by atoms with Gasteiger partial charge in [-0.25, -0.2) is 13.2 Å². The van der Waals surface area contributed by atoms with E-state index in [0.717, 1.165) is 19.2 Å². The number of rotatable bonds is 5. The van der Waals surface area contributed by atoms with Crippen LogP contribution in [0.5, 0.6) is 0 Å². The molecule has 1 aromatic rings. The molecule has 0 bridgehead atoms. The van der Waals surface area contributed by atoms with Gasteiger partial charge in [0.2, 0.25) is 10.0 Å². The van der Waals surface area contributed by atoms with Crippen LogP contribution in [0.25, 0.3) is 0 Å². The van der Waals surface area contributed by atoms with Crippen molar-refractivity contribution in [1.82, 2.24) is 4.31 Å². The van der Waals surface area contributed by atoms with Crippen LogP contribution in [0.1, 0.15) is 10.4 Å². The van der Waals surface area contributed by atoms with Crippen molar-refractivity contribution in [3.8, 4) is 12.1 Å². The van der Waals surface area contributed by atoms with Crippen LogP contribution < -0.4 is 5.73 Å². The molecule has 0 fully saturated rings. The Morgan fingerprint density at radius 2 is 1.90 bits per heavy atom. The summed E-state index contributed by atoms with van der Waals surface area (Å²) in [6.45, 7) is -1.03. The molecule has 9 heteroatoms. The first kappa shape index (κ1) is 16.4. The van der Waals surface area contributed by atoms with E-state index >= 15 is 0 Å². The van der Waals surface area contributed by atoms with Gasteiger partial charge >= 0.3 is 5.97 Å². The zero-order chi connectivity index (χ0) is 16.0. The van der Waals surface area contributed by atoms with Crippen LogP contribution in [-0.2, 0) is 14.8 Å². The summed E-state index contributed by atoms with van der Waals surface area (Å²) in [5.41, 5.74) is 5.47. The number of nitriles is 2. The highest BCUT2D eigenvalue weighted by molar-refractivity contribution is 7.89. The summed E-state index contributed by atoms with van der Waals surface area (Å²) in [6.07, 6.45) is 0. The molecule has 0 saturated carbocycles. The number of nitrogens with two attached hydrogens (primary N) is 1. The second-order valence-corrected chi connectivity index (χ2v) is 5.74. The molecular weight excluding hydrogens is 296 g/mol. The van der Waals surface area contributed by atoms with E-state index in [2.05, 4.69) is 4.74 Å². The third-order valence-corrected chi connectivity index (χ3v) is 4.37. The molecule has 0 aliphatic carbocycles. The molecule has 0 atom stereocenters. The van der Waals surface area contributed by atoms with Gasteiger partial charge < -0.3 is 10.5 Å². The van der Waals surface area contributed by atoms with Crippen LogP contribution in [0.2, 0.25) is 0 Å². The van der Waals surface area contributed by atoms with Gasteiger partial charge in [0.25, 0.3) is 0 Å². The number of methoxy groups -OCH3 is 1. The zero-order valence-electron chi connectivity index (χ0n) is 11.1. The summed E-state index contributed by atoms with van der Waals surface area (Å²) >= 11 is 0. The van der Waals surface area contributed by atoms with Gasteiger partial charge in [-0.2, -0.15) is 14.8 Å². The molecular formula is C12H12N4O4S. The molecule has 21 heavy (non-hydrogen) atoms. The third kappa shape index (κ3) is 3.48. The fourth-order valence-corrected chi connectivity index (χ4v) is 2.96. The van der Waals surface area contributed by atoms with Gasteiger partial charge in [0.05, 0.1) is 29.7 Å². The second kappa shape index (κ2) is 6.70. The minimum atomic E-state index is -4.20. The third-order valence-electron chi connectivity index (χ3n) is 2.52. The molecule has 0 radical (unpaired) electrons. The molecule has 0 aliphatic heterocycles. The summed E-state index contributed by atoms with van der Waals surface area (Å²) in [4.78, 5) is 11.3. The molecule has 0 unspecified atom stereocenters. The summed E-state index contributed by atoms with van der Waals surface area (Å²) < 4.78 is 30.1. The van der Waals surface area contributed by atoms with Crippen LogP contribution >= 0.6 is 0 Å². The standard InChI is InChI=1S/C12H12N4O4S/c1-20-12(17)10-8-9(15)2-3-11(10)21(18,19)16(6-4-13)7-5-14/h2-3,8H,6-7,15H2,1H3. The lowest BCUT2D eigenvalue weighted by Crippen LogP contribution is -2.33. The first-order valence-corrected chi connectivity index (χ1v) is 7.04. The smallest absolute Gasteiger partial charge is 0.339 e. The number of hydrogen-bond donors (Lipinski definition) is 1. The number of hydrogen-bond acceptors (Lipinski definition) is 7. The Hall–Kier alpha value is -2.62.